The number of benzene rings is 1. The van der Waals surface area contributed by atoms with Crippen molar-refractivity contribution in [2.24, 2.45) is 11.8 Å². The number of carboxylic acid groups (broad SMARTS) is 1. The molecule has 1 aromatic carbocycles. The predicted molar refractivity (Wildman–Crippen MR) is 149 cm³/mol. The molecule has 200 valence electrons. The smallest absolute Gasteiger partial charge is 0.303 e. The van der Waals surface area contributed by atoms with E-state index in [4.69, 9.17) is 4.74 Å². The van der Waals surface area contributed by atoms with Crippen LogP contribution in [0.25, 0.3) is 10.9 Å². The Hall–Kier alpha value is -2.48. The number of pyridine rings is 1. The molecule has 0 saturated carbocycles. The van der Waals surface area contributed by atoms with Crippen LogP contribution in [0.2, 0.25) is 0 Å². The Morgan fingerprint density at radius 3 is 2.84 bits per heavy atom. The molecule has 0 bridgehead atoms. The van der Waals surface area contributed by atoms with E-state index in [1.54, 1.807) is 13.3 Å². The molecule has 6 nitrogen and oxygen atoms in total. The van der Waals surface area contributed by atoms with Gasteiger partial charge in [0.25, 0.3) is 0 Å². The zero-order valence-corrected chi connectivity index (χ0v) is 22.9. The van der Waals surface area contributed by atoms with Gasteiger partial charge in [-0.25, -0.2) is 0 Å². The standard InChI is InChI=1S/C30H40N2O4S/c1-21-14-18-37-29(21)5-3-4-16-32-17-13-22(23(20-32)7-11-30(34)35)6-10-28(33)25-12-15-31-27-9-8-24(36-2)19-26(25)27/h8-9,12,14-15,18-19,22-23,28,33H,3-7,10-11,13,16-17,20H2,1-2H3,(H,34,35)/t22?,23?,28-/m0/s1. The molecule has 37 heavy (non-hydrogen) atoms. The first kappa shape index (κ1) is 27.6. The minimum absolute atomic E-state index is 0.212. The molecule has 2 unspecified atom stereocenters. The Morgan fingerprint density at radius 2 is 2.08 bits per heavy atom. The van der Waals surface area contributed by atoms with Crippen molar-refractivity contribution in [2.45, 2.75) is 64.4 Å². The molecular formula is C30H40N2O4S. The Kier molecular flexibility index (Phi) is 9.95. The van der Waals surface area contributed by atoms with Crippen LogP contribution in [0.1, 0.15) is 67.1 Å². The molecule has 1 aliphatic rings. The maximum atomic E-state index is 11.3. The predicted octanol–water partition coefficient (Wildman–Crippen LogP) is 6.25. The fourth-order valence-corrected chi connectivity index (χ4v) is 6.70. The highest BCUT2D eigenvalue weighted by molar-refractivity contribution is 7.10. The summed E-state index contributed by atoms with van der Waals surface area (Å²) in [6, 6.07) is 9.84. The summed E-state index contributed by atoms with van der Waals surface area (Å²) >= 11 is 1.85. The number of nitrogens with zero attached hydrogens (tertiary/aromatic N) is 2. The molecule has 2 N–H and O–H groups in total. The Labute approximate surface area is 224 Å². The van der Waals surface area contributed by atoms with Gasteiger partial charge >= 0.3 is 5.97 Å². The lowest BCUT2D eigenvalue weighted by Gasteiger charge is -2.39. The number of aliphatic hydroxyl groups excluding tert-OH is 1. The minimum Gasteiger partial charge on any atom is -0.497 e. The zero-order chi connectivity index (χ0) is 26.2. The van der Waals surface area contributed by atoms with E-state index in [0.717, 1.165) is 61.1 Å². The van der Waals surface area contributed by atoms with Crippen molar-refractivity contribution in [1.82, 2.24) is 9.88 Å². The number of ether oxygens (including phenoxy) is 1. The number of piperidine rings is 1. The summed E-state index contributed by atoms with van der Waals surface area (Å²) < 4.78 is 5.38. The number of aryl methyl sites for hydroxylation is 2. The van der Waals surface area contributed by atoms with E-state index in [-0.39, 0.29) is 6.42 Å². The highest BCUT2D eigenvalue weighted by atomic mass is 32.1. The number of aliphatic carboxylic acids is 1. The summed E-state index contributed by atoms with van der Waals surface area (Å²) in [6.45, 7) is 5.28. The number of unbranched alkanes of at least 4 members (excludes halogenated alkanes) is 1. The number of aromatic nitrogens is 1. The Bertz CT molecular complexity index is 1160. The number of carbonyl (C=O) groups is 1. The maximum Gasteiger partial charge on any atom is 0.303 e. The second kappa shape index (κ2) is 13.4. The zero-order valence-electron chi connectivity index (χ0n) is 22.1. The minimum atomic E-state index is -0.723. The number of hydrogen-bond acceptors (Lipinski definition) is 6. The Balaban J connectivity index is 1.32. The third-order valence-corrected chi connectivity index (χ3v) is 9.04. The summed E-state index contributed by atoms with van der Waals surface area (Å²) in [4.78, 5) is 19.8. The first-order valence-electron chi connectivity index (χ1n) is 13.5. The molecule has 0 radical (unpaired) electrons. The average Bonchev–Trinajstić information content (AvgIpc) is 3.32. The van der Waals surface area contributed by atoms with Gasteiger partial charge in [0.2, 0.25) is 0 Å². The van der Waals surface area contributed by atoms with Crippen molar-refractivity contribution in [1.29, 1.82) is 0 Å². The lowest BCUT2D eigenvalue weighted by molar-refractivity contribution is -0.137. The van der Waals surface area contributed by atoms with Crippen LogP contribution >= 0.6 is 11.3 Å². The van der Waals surface area contributed by atoms with Gasteiger partial charge in [-0.2, -0.15) is 0 Å². The summed E-state index contributed by atoms with van der Waals surface area (Å²) in [7, 11) is 1.64. The van der Waals surface area contributed by atoms with Gasteiger partial charge in [-0.3, -0.25) is 9.78 Å². The van der Waals surface area contributed by atoms with E-state index in [1.807, 2.05) is 35.6 Å². The molecule has 3 aromatic rings. The summed E-state index contributed by atoms with van der Waals surface area (Å²) in [5.74, 6) is 0.813. The molecule has 1 saturated heterocycles. The number of rotatable bonds is 13. The van der Waals surface area contributed by atoms with Gasteiger partial charge in [-0.05, 0) is 124 Å². The van der Waals surface area contributed by atoms with Crippen LogP contribution in [0, 0.1) is 18.8 Å². The maximum absolute atomic E-state index is 11.3. The van der Waals surface area contributed by atoms with Crippen LogP contribution in [-0.4, -0.2) is 52.8 Å². The van der Waals surface area contributed by atoms with Crippen molar-refractivity contribution in [2.75, 3.05) is 26.7 Å². The van der Waals surface area contributed by atoms with Gasteiger partial charge in [0.15, 0.2) is 0 Å². The molecule has 0 amide bonds. The first-order chi connectivity index (χ1) is 17.9. The molecule has 0 spiro atoms. The summed E-state index contributed by atoms with van der Waals surface area (Å²) in [5, 5.41) is 23.6. The lowest BCUT2D eigenvalue weighted by atomic mass is 9.79. The molecule has 7 heteroatoms. The topological polar surface area (TPSA) is 82.9 Å². The number of aliphatic hydroxyl groups is 1. The van der Waals surface area contributed by atoms with E-state index < -0.39 is 12.1 Å². The van der Waals surface area contributed by atoms with E-state index in [2.05, 4.69) is 28.3 Å². The number of fused-ring (bicyclic) bond motifs is 1. The normalized spacial score (nSPS) is 19.2. The number of methoxy groups -OCH3 is 1. The van der Waals surface area contributed by atoms with Crippen molar-refractivity contribution in [3.05, 3.63) is 57.9 Å². The number of likely N-dealkylation sites (tertiary alicyclic amines) is 1. The van der Waals surface area contributed by atoms with E-state index in [1.165, 1.54) is 23.3 Å². The van der Waals surface area contributed by atoms with Crippen LogP contribution < -0.4 is 4.74 Å². The van der Waals surface area contributed by atoms with Crippen molar-refractivity contribution in [3.8, 4) is 5.75 Å². The van der Waals surface area contributed by atoms with E-state index >= 15 is 0 Å². The molecule has 2 aromatic heterocycles. The molecule has 1 aliphatic heterocycles. The molecule has 3 heterocycles. The van der Waals surface area contributed by atoms with Gasteiger partial charge in [0.05, 0.1) is 18.7 Å². The average molecular weight is 525 g/mol. The van der Waals surface area contributed by atoms with E-state index in [0.29, 0.717) is 24.7 Å². The van der Waals surface area contributed by atoms with Crippen LogP contribution in [0.3, 0.4) is 0 Å². The summed E-state index contributed by atoms with van der Waals surface area (Å²) in [6.07, 6.45) is 8.21. The van der Waals surface area contributed by atoms with Crippen LogP contribution in [0.5, 0.6) is 5.75 Å². The van der Waals surface area contributed by atoms with Crippen molar-refractivity contribution >= 4 is 28.2 Å². The van der Waals surface area contributed by atoms with E-state index in [9.17, 15) is 15.0 Å². The monoisotopic (exact) mass is 524 g/mol. The second-order valence-electron chi connectivity index (χ2n) is 10.4. The number of thiophene rings is 1. The SMILES string of the molecule is COc1ccc2nccc([C@@H](O)CCC3CCN(CCCCc4sccc4C)CC3CCC(=O)O)c2c1. The van der Waals surface area contributed by atoms with Gasteiger partial charge in [0.1, 0.15) is 5.75 Å². The molecule has 4 rings (SSSR count). The van der Waals surface area contributed by atoms with Crippen LogP contribution in [-0.2, 0) is 11.2 Å². The Morgan fingerprint density at radius 1 is 1.22 bits per heavy atom. The number of hydrogen-bond donors (Lipinski definition) is 2. The summed E-state index contributed by atoms with van der Waals surface area (Å²) in [5.41, 5.74) is 3.13. The van der Waals surface area contributed by atoms with Gasteiger partial charge in [0, 0.05) is 29.4 Å². The van der Waals surface area contributed by atoms with Crippen molar-refractivity contribution in [3.63, 3.8) is 0 Å². The third-order valence-electron chi connectivity index (χ3n) is 7.95. The van der Waals surface area contributed by atoms with Gasteiger partial charge in [-0.15, -0.1) is 11.3 Å². The second-order valence-corrected chi connectivity index (χ2v) is 11.4. The fourth-order valence-electron chi connectivity index (χ4n) is 5.75. The molecule has 1 fully saturated rings. The van der Waals surface area contributed by atoms with Crippen LogP contribution in [0.15, 0.2) is 41.9 Å². The molecule has 3 atom stereocenters. The van der Waals surface area contributed by atoms with Crippen LogP contribution in [0.4, 0.5) is 0 Å². The fraction of sp³-hybridized carbons (Fsp3) is 0.533. The van der Waals surface area contributed by atoms with Gasteiger partial charge < -0.3 is 19.8 Å². The largest absolute Gasteiger partial charge is 0.497 e. The number of carboxylic acids is 1. The van der Waals surface area contributed by atoms with Gasteiger partial charge in [-0.1, -0.05) is 0 Å². The first-order valence-corrected chi connectivity index (χ1v) is 14.4. The molecule has 0 aliphatic carbocycles. The highest BCUT2D eigenvalue weighted by Crippen LogP contribution is 2.35. The van der Waals surface area contributed by atoms with Crippen molar-refractivity contribution < 1.29 is 19.7 Å². The lowest BCUT2D eigenvalue weighted by Crippen LogP contribution is -2.41. The molecular weight excluding hydrogens is 484 g/mol. The third kappa shape index (κ3) is 7.53. The quantitative estimate of drug-likeness (QED) is 0.257. The highest BCUT2D eigenvalue weighted by Gasteiger charge is 2.30.